The molecule has 1 amide bonds. The highest BCUT2D eigenvalue weighted by Crippen LogP contribution is 2.35. The van der Waals surface area contributed by atoms with Crippen LogP contribution in [0.25, 0.3) is 16.9 Å². The van der Waals surface area contributed by atoms with E-state index in [9.17, 15) is 23.1 Å². The highest BCUT2D eigenvalue weighted by molar-refractivity contribution is 6.37. The molecule has 31 heavy (non-hydrogen) atoms. The second-order valence-electron chi connectivity index (χ2n) is 6.76. The number of hydrogen-bond acceptors (Lipinski definition) is 4. The molecule has 0 aliphatic rings. The smallest absolute Gasteiger partial charge is 0.433 e. The molecule has 0 atom stereocenters. The van der Waals surface area contributed by atoms with Gasteiger partial charge in [-0.15, -0.1) is 0 Å². The number of alkyl halides is 3. The number of anilines is 1. The molecule has 0 aliphatic heterocycles. The normalized spacial score (nSPS) is 11.6. The maximum absolute atomic E-state index is 13.7. The molecule has 2 N–H and O–H groups in total. The highest BCUT2D eigenvalue weighted by atomic mass is 35.5. The van der Waals surface area contributed by atoms with E-state index in [2.05, 4.69) is 15.4 Å². The number of fused-ring (bicyclic) bond motifs is 1. The molecular weight excluding hydrogens is 433 g/mol. The number of nitrogens with one attached hydrogen (secondary N) is 1. The predicted octanol–water partition coefficient (Wildman–Crippen LogP) is 5.33. The molecule has 2 heterocycles. The van der Waals surface area contributed by atoms with E-state index in [1.165, 1.54) is 12.1 Å². The molecule has 4 rings (SSSR count). The molecule has 0 radical (unpaired) electrons. The summed E-state index contributed by atoms with van der Waals surface area (Å²) in [6.07, 6.45) is -4.78. The van der Waals surface area contributed by atoms with Crippen LogP contribution in [-0.2, 0) is 6.18 Å². The number of hydrogen-bond donors (Lipinski definition) is 2. The number of aromatic hydroxyl groups is 1. The average Bonchev–Trinajstić information content (AvgIpc) is 3.06. The summed E-state index contributed by atoms with van der Waals surface area (Å²) in [4.78, 5) is 16.9. The van der Waals surface area contributed by atoms with Crippen LogP contribution in [0.1, 0.15) is 21.7 Å². The summed E-state index contributed by atoms with van der Waals surface area (Å²) in [5.74, 6) is -1.09. The van der Waals surface area contributed by atoms with Crippen molar-refractivity contribution in [2.45, 2.75) is 13.1 Å². The molecule has 158 valence electrons. The molecule has 2 aromatic heterocycles. The van der Waals surface area contributed by atoms with E-state index in [0.29, 0.717) is 10.1 Å². The van der Waals surface area contributed by atoms with Gasteiger partial charge in [-0.2, -0.15) is 18.3 Å². The number of aromatic nitrogens is 3. The average molecular weight is 447 g/mol. The summed E-state index contributed by atoms with van der Waals surface area (Å²) in [5.41, 5.74) is -0.584. The van der Waals surface area contributed by atoms with Gasteiger partial charge in [0.1, 0.15) is 10.8 Å². The maximum atomic E-state index is 13.7. The van der Waals surface area contributed by atoms with E-state index < -0.39 is 23.5 Å². The fourth-order valence-corrected chi connectivity index (χ4v) is 3.27. The van der Waals surface area contributed by atoms with Crippen molar-refractivity contribution < 1.29 is 23.1 Å². The standard InChI is InChI=1S/C21H14ClF3N4O2/c1-11-7-8-15(30)14(9-11)27-20(31)18-17(22)19-26-13(12-5-3-2-4-6-12)10-16(21(23,24)25)29(19)28-18/h2-10,30H,1H3,(H,27,31). The Morgan fingerprint density at radius 3 is 2.52 bits per heavy atom. The molecule has 0 fully saturated rings. The number of nitrogens with zero attached hydrogens (tertiary/aromatic N) is 3. The van der Waals surface area contributed by atoms with Gasteiger partial charge in [0.25, 0.3) is 5.91 Å². The van der Waals surface area contributed by atoms with Gasteiger partial charge in [-0.25, -0.2) is 9.50 Å². The lowest BCUT2D eigenvalue weighted by molar-refractivity contribution is -0.142. The predicted molar refractivity (Wildman–Crippen MR) is 109 cm³/mol. The molecule has 0 saturated carbocycles. The third-order valence-electron chi connectivity index (χ3n) is 4.51. The summed E-state index contributed by atoms with van der Waals surface area (Å²) < 4.78 is 41.7. The SMILES string of the molecule is Cc1ccc(O)c(NC(=O)c2nn3c(C(F)(F)F)cc(-c4ccccc4)nc3c2Cl)c1. The Bertz CT molecular complexity index is 1300. The monoisotopic (exact) mass is 446 g/mol. The molecule has 4 aromatic rings. The quantitative estimate of drug-likeness (QED) is 0.417. The first-order valence-electron chi connectivity index (χ1n) is 8.98. The second kappa shape index (κ2) is 7.59. The second-order valence-corrected chi connectivity index (χ2v) is 7.14. The minimum Gasteiger partial charge on any atom is -0.506 e. The van der Waals surface area contributed by atoms with Crippen LogP contribution in [0, 0.1) is 6.92 Å². The van der Waals surface area contributed by atoms with Crippen LogP contribution in [0.5, 0.6) is 5.75 Å². The van der Waals surface area contributed by atoms with Crippen molar-refractivity contribution in [1.29, 1.82) is 0 Å². The van der Waals surface area contributed by atoms with Crippen molar-refractivity contribution in [3.8, 4) is 17.0 Å². The van der Waals surface area contributed by atoms with Crippen LogP contribution in [-0.4, -0.2) is 25.6 Å². The number of benzene rings is 2. The van der Waals surface area contributed by atoms with Crippen LogP contribution < -0.4 is 5.32 Å². The highest BCUT2D eigenvalue weighted by Gasteiger charge is 2.36. The number of carbonyl (C=O) groups is 1. The zero-order valence-corrected chi connectivity index (χ0v) is 16.7. The van der Waals surface area contributed by atoms with Gasteiger partial charge in [0.05, 0.1) is 11.4 Å². The Hall–Kier alpha value is -3.59. The molecule has 2 aromatic carbocycles. The molecule has 0 saturated heterocycles. The number of aryl methyl sites for hydroxylation is 1. The first-order valence-corrected chi connectivity index (χ1v) is 9.36. The number of carbonyl (C=O) groups excluding carboxylic acids is 1. The summed E-state index contributed by atoms with van der Waals surface area (Å²) >= 11 is 6.23. The lowest BCUT2D eigenvalue weighted by atomic mass is 10.1. The van der Waals surface area contributed by atoms with E-state index in [1.54, 1.807) is 43.3 Å². The van der Waals surface area contributed by atoms with E-state index in [4.69, 9.17) is 11.6 Å². The van der Waals surface area contributed by atoms with Crippen molar-refractivity contribution in [2.75, 3.05) is 5.32 Å². The number of phenolic OH excluding ortho intramolecular Hbond substituents is 1. The van der Waals surface area contributed by atoms with Crippen LogP contribution >= 0.6 is 11.6 Å². The van der Waals surface area contributed by atoms with E-state index >= 15 is 0 Å². The van der Waals surface area contributed by atoms with Crippen LogP contribution in [0.15, 0.2) is 54.6 Å². The molecule has 0 spiro atoms. The van der Waals surface area contributed by atoms with Crippen molar-refractivity contribution in [1.82, 2.24) is 14.6 Å². The van der Waals surface area contributed by atoms with Crippen molar-refractivity contribution in [3.63, 3.8) is 0 Å². The van der Waals surface area contributed by atoms with E-state index in [-0.39, 0.29) is 27.8 Å². The lowest BCUT2D eigenvalue weighted by Gasteiger charge is -2.11. The summed E-state index contributed by atoms with van der Waals surface area (Å²) in [5, 5.41) is 15.8. The van der Waals surface area contributed by atoms with Gasteiger partial charge < -0.3 is 10.4 Å². The van der Waals surface area contributed by atoms with Crippen LogP contribution in [0.3, 0.4) is 0 Å². The molecule has 6 nitrogen and oxygen atoms in total. The first kappa shape index (κ1) is 20.7. The Morgan fingerprint density at radius 1 is 1.13 bits per heavy atom. The van der Waals surface area contributed by atoms with Gasteiger partial charge in [0, 0.05) is 5.56 Å². The minimum absolute atomic E-state index is 0.0329. The fraction of sp³-hybridized carbons (Fsp3) is 0.0952. The zero-order chi connectivity index (χ0) is 22.3. The molecule has 0 unspecified atom stereocenters. The first-order chi connectivity index (χ1) is 14.6. The van der Waals surface area contributed by atoms with Gasteiger partial charge in [-0.3, -0.25) is 4.79 Å². The number of rotatable bonds is 3. The lowest BCUT2D eigenvalue weighted by Crippen LogP contribution is -2.16. The summed E-state index contributed by atoms with van der Waals surface area (Å²) in [7, 11) is 0. The van der Waals surface area contributed by atoms with E-state index in [1.807, 2.05) is 0 Å². The molecular formula is C21H14ClF3N4O2. The number of phenols is 1. The number of amides is 1. The van der Waals surface area contributed by atoms with Crippen molar-refractivity contribution in [3.05, 3.63) is 76.6 Å². The Kier molecular flexibility index (Phi) is 5.06. The summed E-state index contributed by atoms with van der Waals surface area (Å²) in [6.45, 7) is 1.75. The largest absolute Gasteiger partial charge is 0.506 e. The van der Waals surface area contributed by atoms with Gasteiger partial charge in [0.15, 0.2) is 17.0 Å². The topological polar surface area (TPSA) is 79.5 Å². The van der Waals surface area contributed by atoms with Gasteiger partial charge in [0.2, 0.25) is 0 Å². The molecule has 0 bridgehead atoms. The Morgan fingerprint density at radius 2 is 1.84 bits per heavy atom. The Balaban J connectivity index is 1.85. The Labute approximate surface area is 178 Å². The molecule has 0 aliphatic carbocycles. The fourth-order valence-electron chi connectivity index (χ4n) is 3.03. The third-order valence-corrected chi connectivity index (χ3v) is 4.86. The van der Waals surface area contributed by atoms with Crippen molar-refractivity contribution in [2.24, 2.45) is 0 Å². The third kappa shape index (κ3) is 3.91. The summed E-state index contributed by atoms with van der Waals surface area (Å²) in [6, 6.07) is 13.6. The molecule has 10 heteroatoms. The van der Waals surface area contributed by atoms with Crippen LogP contribution in [0.2, 0.25) is 5.02 Å². The van der Waals surface area contributed by atoms with Crippen LogP contribution in [0.4, 0.5) is 18.9 Å². The van der Waals surface area contributed by atoms with Gasteiger partial charge in [-0.1, -0.05) is 48.0 Å². The zero-order valence-electron chi connectivity index (χ0n) is 15.9. The van der Waals surface area contributed by atoms with E-state index in [0.717, 1.165) is 11.6 Å². The van der Waals surface area contributed by atoms with Gasteiger partial charge in [-0.05, 0) is 30.7 Å². The maximum Gasteiger partial charge on any atom is 0.433 e. The van der Waals surface area contributed by atoms with Gasteiger partial charge >= 0.3 is 6.18 Å². The number of halogens is 4. The minimum atomic E-state index is -4.78. The van der Waals surface area contributed by atoms with Crippen molar-refractivity contribution >= 4 is 28.8 Å².